The summed E-state index contributed by atoms with van der Waals surface area (Å²) in [7, 11) is 0. The Hall–Kier alpha value is -2.88. The Morgan fingerprint density at radius 2 is 2.25 bits per heavy atom. The van der Waals surface area contributed by atoms with Gasteiger partial charge in [0.25, 0.3) is 5.91 Å². The number of ether oxygens (including phenoxy) is 2. The molecule has 0 spiro atoms. The molecule has 0 saturated heterocycles. The van der Waals surface area contributed by atoms with Crippen LogP contribution in [0.5, 0.6) is 5.75 Å². The topological polar surface area (TPSA) is 109 Å². The molecule has 3 aromatic rings. The average molecular weight is 457 g/mol. The molecule has 2 aliphatic rings. The van der Waals surface area contributed by atoms with Gasteiger partial charge in [-0.15, -0.1) is 0 Å². The maximum absolute atomic E-state index is 13.0. The standard InChI is InChI=1S/C22H25ClN6O3/c23-20-16(5-3-6-19(20)32-9-7-24)29-18-12-31-11-15(14(18)10-26-29)27-22(30)21-17-4-1-2-8-28(17)13-25-21/h3,5-6,10,13,15H,1-2,4,7-9,11-12,24H2,(H,27,30). The van der Waals surface area contributed by atoms with Gasteiger partial charge in [-0.25, -0.2) is 9.67 Å². The van der Waals surface area contributed by atoms with Crippen LogP contribution in [0.2, 0.25) is 5.02 Å². The Bertz CT molecular complexity index is 1140. The van der Waals surface area contributed by atoms with E-state index in [4.69, 9.17) is 26.8 Å². The van der Waals surface area contributed by atoms with Crippen molar-refractivity contribution in [3.63, 3.8) is 0 Å². The Morgan fingerprint density at radius 1 is 1.34 bits per heavy atom. The monoisotopic (exact) mass is 456 g/mol. The molecule has 3 N–H and O–H groups in total. The first-order valence-corrected chi connectivity index (χ1v) is 11.2. The summed E-state index contributed by atoms with van der Waals surface area (Å²) in [5.74, 6) is 0.357. The van der Waals surface area contributed by atoms with Crippen LogP contribution in [-0.4, -0.2) is 45.0 Å². The zero-order valence-corrected chi connectivity index (χ0v) is 18.3. The molecule has 0 fully saturated rings. The predicted molar refractivity (Wildman–Crippen MR) is 118 cm³/mol. The van der Waals surface area contributed by atoms with E-state index in [1.165, 1.54) is 0 Å². The minimum Gasteiger partial charge on any atom is -0.491 e. The van der Waals surface area contributed by atoms with Gasteiger partial charge in [0, 0.05) is 18.7 Å². The fraction of sp³-hybridized carbons (Fsp3) is 0.409. The number of aromatic nitrogens is 4. The maximum atomic E-state index is 13.0. The number of nitrogens with zero attached hydrogens (tertiary/aromatic N) is 4. The number of halogens is 1. The number of carbonyl (C=O) groups is 1. The van der Waals surface area contributed by atoms with Gasteiger partial charge < -0.3 is 25.1 Å². The smallest absolute Gasteiger partial charge is 0.272 e. The van der Waals surface area contributed by atoms with Crippen LogP contribution in [-0.2, 0) is 24.3 Å². The number of nitrogens with two attached hydrogens (primary N) is 1. The molecular formula is C22H25ClN6O3. The minimum absolute atomic E-state index is 0.190. The molecule has 0 bridgehead atoms. The van der Waals surface area contributed by atoms with Crippen molar-refractivity contribution >= 4 is 17.5 Å². The summed E-state index contributed by atoms with van der Waals surface area (Å²) < 4.78 is 15.2. The van der Waals surface area contributed by atoms with Crippen molar-refractivity contribution in [1.82, 2.24) is 24.6 Å². The van der Waals surface area contributed by atoms with Crippen LogP contribution in [0, 0.1) is 0 Å². The number of carbonyl (C=O) groups excluding carboxylic acids is 1. The van der Waals surface area contributed by atoms with Crippen LogP contribution in [0.25, 0.3) is 5.69 Å². The predicted octanol–water partition coefficient (Wildman–Crippen LogP) is 2.40. The molecule has 5 rings (SSSR count). The molecule has 10 heteroatoms. The lowest BCUT2D eigenvalue weighted by molar-refractivity contribution is 0.0684. The van der Waals surface area contributed by atoms with Crippen LogP contribution >= 0.6 is 11.6 Å². The van der Waals surface area contributed by atoms with Crippen molar-refractivity contribution in [3.8, 4) is 11.4 Å². The largest absolute Gasteiger partial charge is 0.491 e. The summed E-state index contributed by atoms with van der Waals surface area (Å²) in [6.45, 7) is 2.41. The van der Waals surface area contributed by atoms with E-state index in [-0.39, 0.29) is 11.9 Å². The number of aryl methyl sites for hydroxylation is 1. The number of rotatable bonds is 6. The molecule has 1 unspecified atom stereocenters. The average Bonchev–Trinajstić information content (AvgIpc) is 3.44. The number of hydrogen-bond acceptors (Lipinski definition) is 6. The SMILES string of the molecule is NCCOc1cccc(-n2ncc3c2COCC3NC(=O)c2ncn3c2CCCC3)c1Cl. The van der Waals surface area contributed by atoms with Crippen LogP contribution in [0.3, 0.4) is 0 Å². The van der Waals surface area contributed by atoms with Gasteiger partial charge in [0.1, 0.15) is 23.1 Å². The van der Waals surface area contributed by atoms with E-state index in [1.807, 2.05) is 12.1 Å². The van der Waals surface area contributed by atoms with Crippen molar-refractivity contribution in [2.75, 3.05) is 19.8 Å². The molecule has 0 saturated carbocycles. The second-order valence-corrected chi connectivity index (χ2v) is 8.29. The Balaban J connectivity index is 1.40. The zero-order valence-electron chi connectivity index (χ0n) is 17.6. The summed E-state index contributed by atoms with van der Waals surface area (Å²) >= 11 is 6.59. The molecule has 4 heterocycles. The van der Waals surface area contributed by atoms with Crippen molar-refractivity contribution in [3.05, 3.63) is 58.4 Å². The van der Waals surface area contributed by atoms with Gasteiger partial charge in [-0.3, -0.25) is 4.79 Å². The van der Waals surface area contributed by atoms with Crippen LogP contribution in [0.1, 0.15) is 46.3 Å². The summed E-state index contributed by atoms with van der Waals surface area (Å²) in [6.07, 6.45) is 6.57. The second-order valence-electron chi connectivity index (χ2n) is 7.92. The van der Waals surface area contributed by atoms with Crippen molar-refractivity contribution in [1.29, 1.82) is 0 Å². The Kier molecular flexibility index (Phi) is 5.86. The quantitative estimate of drug-likeness (QED) is 0.589. The van der Waals surface area contributed by atoms with E-state index in [2.05, 4.69) is 20.0 Å². The van der Waals surface area contributed by atoms with Gasteiger partial charge in [-0.2, -0.15) is 5.10 Å². The van der Waals surface area contributed by atoms with Gasteiger partial charge in [0.2, 0.25) is 0 Å². The molecule has 32 heavy (non-hydrogen) atoms. The van der Waals surface area contributed by atoms with Gasteiger partial charge in [0.05, 0.1) is 48.9 Å². The van der Waals surface area contributed by atoms with E-state index >= 15 is 0 Å². The highest BCUT2D eigenvalue weighted by molar-refractivity contribution is 6.33. The van der Waals surface area contributed by atoms with Crippen molar-refractivity contribution in [2.45, 2.75) is 38.5 Å². The third kappa shape index (κ3) is 3.76. The van der Waals surface area contributed by atoms with Crippen LogP contribution in [0.4, 0.5) is 0 Å². The van der Waals surface area contributed by atoms with Crippen molar-refractivity contribution < 1.29 is 14.3 Å². The third-order valence-corrected chi connectivity index (χ3v) is 6.26. The minimum atomic E-state index is -0.323. The Morgan fingerprint density at radius 3 is 3.12 bits per heavy atom. The Labute approximate surface area is 190 Å². The molecule has 168 valence electrons. The lowest BCUT2D eigenvalue weighted by Gasteiger charge is -2.25. The number of benzene rings is 1. The maximum Gasteiger partial charge on any atom is 0.272 e. The van der Waals surface area contributed by atoms with E-state index in [0.29, 0.717) is 48.5 Å². The highest BCUT2D eigenvalue weighted by atomic mass is 35.5. The second kappa shape index (κ2) is 8.93. The molecule has 9 nitrogen and oxygen atoms in total. The van der Waals surface area contributed by atoms with E-state index in [9.17, 15) is 4.79 Å². The molecule has 2 aromatic heterocycles. The number of fused-ring (bicyclic) bond motifs is 2. The molecule has 0 aliphatic carbocycles. The van der Waals surface area contributed by atoms with Crippen LogP contribution < -0.4 is 15.8 Å². The molecule has 0 radical (unpaired) electrons. The highest BCUT2D eigenvalue weighted by Crippen LogP contribution is 2.34. The first kappa shape index (κ1) is 21.0. The third-order valence-electron chi connectivity index (χ3n) is 5.88. The molecular weight excluding hydrogens is 432 g/mol. The molecule has 1 aromatic carbocycles. The van der Waals surface area contributed by atoms with Gasteiger partial charge in [0.15, 0.2) is 0 Å². The van der Waals surface area contributed by atoms with Gasteiger partial charge >= 0.3 is 0 Å². The number of hydrogen-bond donors (Lipinski definition) is 2. The highest BCUT2D eigenvalue weighted by Gasteiger charge is 2.29. The van der Waals surface area contributed by atoms with E-state index in [1.54, 1.807) is 23.3 Å². The van der Waals surface area contributed by atoms with Crippen LogP contribution in [0.15, 0.2) is 30.7 Å². The summed E-state index contributed by atoms with van der Waals surface area (Å²) in [6, 6.07) is 5.19. The summed E-state index contributed by atoms with van der Waals surface area (Å²) in [5, 5.41) is 8.07. The van der Waals surface area contributed by atoms with Gasteiger partial charge in [-0.05, 0) is 31.4 Å². The number of amides is 1. The first-order valence-electron chi connectivity index (χ1n) is 10.8. The first-order chi connectivity index (χ1) is 15.7. The van der Waals surface area contributed by atoms with E-state index < -0.39 is 0 Å². The summed E-state index contributed by atoms with van der Waals surface area (Å²) in [5.41, 5.74) is 9.46. The fourth-order valence-electron chi connectivity index (χ4n) is 4.31. The normalized spacial score (nSPS) is 17.5. The summed E-state index contributed by atoms with van der Waals surface area (Å²) in [4.78, 5) is 17.4. The lowest BCUT2D eigenvalue weighted by Crippen LogP contribution is -2.35. The molecule has 1 atom stereocenters. The number of nitrogens with one attached hydrogen (secondary N) is 1. The number of imidazole rings is 1. The fourth-order valence-corrected chi connectivity index (χ4v) is 4.57. The lowest BCUT2D eigenvalue weighted by atomic mass is 10.0. The molecule has 2 aliphatic heterocycles. The van der Waals surface area contributed by atoms with Gasteiger partial charge in [-0.1, -0.05) is 17.7 Å². The molecule has 1 amide bonds. The zero-order chi connectivity index (χ0) is 22.1. The van der Waals surface area contributed by atoms with Crippen molar-refractivity contribution in [2.24, 2.45) is 5.73 Å². The van der Waals surface area contributed by atoms with E-state index in [0.717, 1.165) is 42.8 Å².